The van der Waals surface area contributed by atoms with Crippen molar-refractivity contribution in [2.75, 3.05) is 4.90 Å². The lowest BCUT2D eigenvalue weighted by Gasteiger charge is -2.25. The average molecular weight is 419 g/mol. The summed E-state index contributed by atoms with van der Waals surface area (Å²) in [4.78, 5) is 31.9. The fraction of sp³-hybridized carbons (Fsp3) is 0.125. The number of aliphatic hydroxyl groups excluding tert-OH is 1. The molecular formula is C24H19ClN2O3. The summed E-state index contributed by atoms with van der Waals surface area (Å²) < 4.78 is 0. The standard InChI is InChI=1S/C24H19ClN2O3/c1-14-11-15(2)13-18(12-14)27-21(19-5-3-4-10-26-19)20(23(29)24(27)30)22(28)16-6-8-17(25)9-7-16/h3-13,21,28H,1-2H3/b22-20+. The minimum atomic E-state index is -0.844. The van der Waals surface area contributed by atoms with Gasteiger partial charge in [0, 0.05) is 22.5 Å². The number of benzene rings is 2. The molecule has 2 aromatic carbocycles. The molecule has 6 heteroatoms. The van der Waals surface area contributed by atoms with Gasteiger partial charge in [0.15, 0.2) is 0 Å². The largest absolute Gasteiger partial charge is 0.507 e. The smallest absolute Gasteiger partial charge is 0.300 e. The number of hydrogen-bond acceptors (Lipinski definition) is 4. The Balaban J connectivity index is 1.96. The molecule has 1 amide bonds. The molecule has 30 heavy (non-hydrogen) atoms. The third-order valence-corrected chi connectivity index (χ3v) is 5.27. The minimum absolute atomic E-state index is 0.000168. The molecular weight excluding hydrogens is 400 g/mol. The number of pyridine rings is 1. The van der Waals surface area contributed by atoms with Gasteiger partial charge in [0.25, 0.3) is 11.7 Å². The average Bonchev–Trinajstić information content (AvgIpc) is 2.99. The lowest BCUT2D eigenvalue weighted by molar-refractivity contribution is -0.132. The van der Waals surface area contributed by atoms with Crippen molar-refractivity contribution in [2.45, 2.75) is 19.9 Å². The number of Topliss-reactive ketones (excluding diaryl/α,β-unsaturated/α-hetero) is 1. The number of hydrogen-bond donors (Lipinski definition) is 1. The van der Waals surface area contributed by atoms with Crippen molar-refractivity contribution < 1.29 is 14.7 Å². The lowest BCUT2D eigenvalue weighted by Crippen LogP contribution is -2.30. The van der Waals surface area contributed by atoms with Gasteiger partial charge < -0.3 is 5.11 Å². The third-order valence-electron chi connectivity index (χ3n) is 5.01. The molecule has 0 radical (unpaired) electrons. The van der Waals surface area contributed by atoms with E-state index in [0.29, 0.717) is 22.0 Å². The molecule has 1 atom stereocenters. The van der Waals surface area contributed by atoms with Gasteiger partial charge in [0.05, 0.1) is 11.3 Å². The zero-order valence-electron chi connectivity index (χ0n) is 16.5. The molecule has 2 heterocycles. The van der Waals surface area contributed by atoms with Gasteiger partial charge in [-0.1, -0.05) is 23.7 Å². The second-order valence-corrected chi connectivity index (χ2v) is 7.71. The molecule has 150 valence electrons. The highest BCUT2D eigenvalue weighted by Gasteiger charge is 2.47. The first-order chi connectivity index (χ1) is 14.4. The molecule has 0 saturated carbocycles. The lowest BCUT2D eigenvalue weighted by atomic mass is 9.98. The van der Waals surface area contributed by atoms with Gasteiger partial charge in [0.1, 0.15) is 11.8 Å². The van der Waals surface area contributed by atoms with E-state index in [1.807, 2.05) is 32.0 Å². The van der Waals surface area contributed by atoms with Crippen molar-refractivity contribution in [2.24, 2.45) is 0 Å². The molecule has 0 bridgehead atoms. The van der Waals surface area contributed by atoms with Crippen LogP contribution in [0.4, 0.5) is 5.69 Å². The molecule has 0 spiro atoms. The van der Waals surface area contributed by atoms with E-state index < -0.39 is 17.7 Å². The predicted octanol–water partition coefficient (Wildman–Crippen LogP) is 4.98. The quantitative estimate of drug-likeness (QED) is 0.370. The molecule has 1 N–H and O–H groups in total. The number of carbonyl (C=O) groups is 2. The van der Waals surface area contributed by atoms with Gasteiger partial charge in [-0.25, -0.2) is 0 Å². The number of aryl methyl sites for hydroxylation is 2. The Morgan fingerprint density at radius 2 is 1.67 bits per heavy atom. The highest BCUT2D eigenvalue weighted by molar-refractivity contribution is 6.51. The molecule has 1 unspecified atom stereocenters. The number of aliphatic hydroxyl groups is 1. The monoisotopic (exact) mass is 418 g/mol. The van der Waals surface area contributed by atoms with Gasteiger partial charge >= 0.3 is 0 Å². The van der Waals surface area contributed by atoms with Gasteiger partial charge in [-0.15, -0.1) is 0 Å². The number of ketones is 1. The predicted molar refractivity (Wildman–Crippen MR) is 116 cm³/mol. The summed E-state index contributed by atoms with van der Waals surface area (Å²) in [6.07, 6.45) is 1.60. The summed E-state index contributed by atoms with van der Waals surface area (Å²) in [6, 6.07) is 16.6. The van der Waals surface area contributed by atoms with Crippen LogP contribution in [0.25, 0.3) is 5.76 Å². The van der Waals surface area contributed by atoms with E-state index in [9.17, 15) is 14.7 Å². The first-order valence-electron chi connectivity index (χ1n) is 9.43. The van der Waals surface area contributed by atoms with Crippen LogP contribution in [-0.2, 0) is 9.59 Å². The highest BCUT2D eigenvalue weighted by atomic mass is 35.5. The van der Waals surface area contributed by atoms with Crippen LogP contribution in [0.1, 0.15) is 28.4 Å². The number of nitrogens with zero attached hydrogens (tertiary/aromatic N) is 2. The summed E-state index contributed by atoms with van der Waals surface area (Å²) >= 11 is 5.95. The summed E-state index contributed by atoms with van der Waals surface area (Å²) in [5.41, 5.74) is 3.40. The Morgan fingerprint density at radius 1 is 1.00 bits per heavy atom. The van der Waals surface area contributed by atoms with E-state index in [1.54, 1.807) is 48.7 Å². The zero-order valence-corrected chi connectivity index (χ0v) is 17.2. The summed E-state index contributed by atoms with van der Waals surface area (Å²) in [7, 11) is 0. The van der Waals surface area contributed by atoms with Gasteiger partial charge in [0.2, 0.25) is 0 Å². The van der Waals surface area contributed by atoms with Crippen LogP contribution in [0, 0.1) is 13.8 Å². The maximum atomic E-state index is 13.1. The number of halogens is 1. The third kappa shape index (κ3) is 3.48. The van der Waals surface area contributed by atoms with Crippen LogP contribution in [0.2, 0.25) is 5.02 Å². The Labute approximate surface area is 179 Å². The first kappa shape index (κ1) is 19.9. The summed E-state index contributed by atoms with van der Waals surface area (Å²) in [6.45, 7) is 3.85. The molecule has 5 nitrogen and oxygen atoms in total. The number of amides is 1. The normalized spacial score (nSPS) is 18.1. The maximum Gasteiger partial charge on any atom is 0.300 e. The minimum Gasteiger partial charge on any atom is -0.507 e. The van der Waals surface area contributed by atoms with Crippen LogP contribution in [0.15, 0.2) is 72.4 Å². The summed E-state index contributed by atoms with van der Waals surface area (Å²) in [5, 5.41) is 11.5. The topological polar surface area (TPSA) is 70.5 Å². The molecule has 4 rings (SSSR count). The van der Waals surface area contributed by atoms with Crippen molar-refractivity contribution in [1.82, 2.24) is 4.98 Å². The molecule has 1 aliphatic rings. The number of carbonyl (C=O) groups excluding carboxylic acids is 2. The van der Waals surface area contributed by atoms with Gasteiger partial charge in [-0.2, -0.15) is 0 Å². The fourth-order valence-electron chi connectivity index (χ4n) is 3.77. The number of rotatable bonds is 3. The van der Waals surface area contributed by atoms with Crippen molar-refractivity contribution in [3.63, 3.8) is 0 Å². The second-order valence-electron chi connectivity index (χ2n) is 7.28. The van der Waals surface area contributed by atoms with Gasteiger partial charge in [-0.3, -0.25) is 19.5 Å². The van der Waals surface area contributed by atoms with Crippen LogP contribution in [-0.4, -0.2) is 21.8 Å². The molecule has 1 fully saturated rings. The molecule has 0 aliphatic carbocycles. The Kier molecular flexibility index (Phi) is 5.14. The highest BCUT2D eigenvalue weighted by Crippen LogP contribution is 2.41. The molecule has 3 aromatic rings. The fourth-order valence-corrected chi connectivity index (χ4v) is 3.90. The number of aromatic nitrogens is 1. The zero-order chi connectivity index (χ0) is 21.4. The van der Waals surface area contributed by atoms with Crippen LogP contribution in [0.3, 0.4) is 0 Å². The van der Waals surface area contributed by atoms with Crippen LogP contribution >= 0.6 is 11.6 Å². The SMILES string of the molecule is Cc1cc(C)cc(N2C(=O)C(=O)/C(=C(/O)c3ccc(Cl)cc3)C2c2ccccn2)c1. The van der Waals surface area contributed by atoms with E-state index in [1.165, 1.54) is 4.90 Å². The summed E-state index contributed by atoms with van der Waals surface area (Å²) in [5.74, 6) is -1.71. The Bertz CT molecular complexity index is 1150. The van der Waals surface area contributed by atoms with Gasteiger partial charge in [-0.05, 0) is 73.5 Å². The van der Waals surface area contributed by atoms with E-state index in [4.69, 9.17) is 11.6 Å². The first-order valence-corrected chi connectivity index (χ1v) is 9.81. The van der Waals surface area contributed by atoms with E-state index in [2.05, 4.69) is 4.98 Å². The van der Waals surface area contributed by atoms with Crippen molar-refractivity contribution in [1.29, 1.82) is 0 Å². The van der Waals surface area contributed by atoms with E-state index in [-0.39, 0.29) is 11.3 Å². The van der Waals surface area contributed by atoms with Crippen molar-refractivity contribution >= 4 is 34.7 Å². The van der Waals surface area contributed by atoms with Crippen molar-refractivity contribution in [3.8, 4) is 0 Å². The van der Waals surface area contributed by atoms with Crippen molar-refractivity contribution in [3.05, 3.63) is 99.8 Å². The maximum absolute atomic E-state index is 13.1. The molecule has 1 aromatic heterocycles. The second kappa shape index (κ2) is 7.76. The molecule has 1 aliphatic heterocycles. The van der Waals surface area contributed by atoms with E-state index in [0.717, 1.165) is 11.1 Å². The Hall–Kier alpha value is -3.44. The Morgan fingerprint density at radius 3 is 2.27 bits per heavy atom. The van der Waals surface area contributed by atoms with Crippen LogP contribution in [0.5, 0.6) is 0 Å². The molecule has 1 saturated heterocycles. The number of anilines is 1. The van der Waals surface area contributed by atoms with E-state index >= 15 is 0 Å². The van der Waals surface area contributed by atoms with Crippen LogP contribution < -0.4 is 4.90 Å².